The van der Waals surface area contributed by atoms with Crippen LogP contribution in [-0.4, -0.2) is 30.7 Å². The molecule has 35 heavy (non-hydrogen) atoms. The van der Waals surface area contributed by atoms with Gasteiger partial charge in [0, 0.05) is 25.0 Å². The quantitative estimate of drug-likeness (QED) is 0.441. The van der Waals surface area contributed by atoms with Crippen LogP contribution in [0.15, 0.2) is 24.3 Å². The molecule has 190 valence electrons. The summed E-state index contributed by atoms with van der Waals surface area (Å²) in [5.41, 5.74) is -3.82. The predicted molar refractivity (Wildman–Crippen MR) is 113 cm³/mol. The Morgan fingerprint density at radius 3 is 2.26 bits per heavy atom. The van der Waals surface area contributed by atoms with Gasteiger partial charge in [-0.15, -0.1) is 0 Å². The van der Waals surface area contributed by atoms with Crippen molar-refractivity contribution in [2.24, 2.45) is 5.41 Å². The summed E-state index contributed by atoms with van der Waals surface area (Å²) in [7, 11) is 0. The normalized spacial score (nSPS) is 17.1. The van der Waals surface area contributed by atoms with Crippen LogP contribution in [0.2, 0.25) is 0 Å². The van der Waals surface area contributed by atoms with Gasteiger partial charge < -0.3 is 9.64 Å². The van der Waals surface area contributed by atoms with Crippen molar-refractivity contribution in [1.82, 2.24) is 4.98 Å². The third kappa shape index (κ3) is 4.74. The van der Waals surface area contributed by atoms with Crippen LogP contribution in [-0.2, 0) is 12.4 Å². The summed E-state index contributed by atoms with van der Waals surface area (Å²) in [6.07, 6.45) is -8.93. The molecule has 1 aromatic carbocycles. The Balaban J connectivity index is 1.76. The summed E-state index contributed by atoms with van der Waals surface area (Å²) < 4.78 is 101. The minimum atomic E-state index is -5.23. The van der Waals surface area contributed by atoms with Crippen LogP contribution in [0, 0.1) is 18.2 Å². The van der Waals surface area contributed by atoms with E-state index in [0.29, 0.717) is 6.07 Å². The van der Waals surface area contributed by atoms with Gasteiger partial charge in [-0.05, 0) is 51.0 Å². The second-order valence-corrected chi connectivity index (χ2v) is 8.93. The maximum Gasteiger partial charge on any atom is 0.421 e. The molecule has 0 bridgehead atoms. The molecule has 2 aromatic rings. The smallest absolute Gasteiger partial charge is 0.407 e. The van der Waals surface area contributed by atoms with Gasteiger partial charge in [-0.25, -0.2) is 14.2 Å². The van der Waals surface area contributed by atoms with Crippen molar-refractivity contribution in [3.05, 3.63) is 46.9 Å². The first kappa shape index (κ1) is 25.1. The number of ether oxygens (including phenoxy) is 1. The second kappa shape index (κ2) is 8.56. The summed E-state index contributed by atoms with van der Waals surface area (Å²) in [6, 6.07) is 2.72. The molecule has 1 aromatic heterocycles. The lowest BCUT2D eigenvalue weighted by Crippen LogP contribution is -2.60. The van der Waals surface area contributed by atoms with Gasteiger partial charge >= 0.3 is 18.4 Å². The number of pyridine rings is 1. The van der Waals surface area contributed by atoms with Gasteiger partial charge in [-0.1, -0.05) is 6.42 Å². The second-order valence-electron chi connectivity index (χ2n) is 8.93. The van der Waals surface area contributed by atoms with E-state index in [-0.39, 0.29) is 42.6 Å². The van der Waals surface area contributed by atoms with E-state index in [9.17, 15) is 35.5 Å². The van der Waals surface area contributed by atoms with Gasteiger partial charge in [0.25, 0.3) is 0 Å². The van der Waals surface area contributed by atoms with Crippen molar-refractivity contribution < 1.29 is 40.3 Å². The molecule has 0 N–H and O–H groups in total. The molecule has 1 saturated carbocycles. The molecule has 1 spiro atoms. The fourth-order valence-electron chi connectivity index (χ4n) is 4.46. The molecule has 2 heterocycles. The zero-order valence-corrected chi connectivity index (χ0v) is 18.9. The molecule has 1 aliphatic heterocycles. The third-order valence-corrected chi connectivity index (χ3v) is 6.52. The Morgan fingerprint density at radius 2 is 1.77 bits per heavy atom. The Labute approximate surface area is 196 Å². The first-order valence-corrected chi connectivity index (χ1v) is 10.9. The van der Waals surface area contributed by atoms with Crippen molar-refractivity contribution in [2.75, 3.05) is 29.4 Å². The molecule has 1 amide bonds. The molecule has 0 atom stereocenters. The summed E-state index contributed by atoms with van der Waals surface area (Å²) in [4.78, 5) is 19.1. The van der Waals surface area contributed by atoms with Crippen LogP contribution in [0.3, 0.4) is 0 Å². The third-order valence-electron chi connectivity index (χ3n) is 6.52. The molecule has 5 nitrogen and oxygen atoms in total. The average Bonchev–Trinajstić information content (AvgIpc) is 2.68. The van der Waals surface area contributed by atoms with Gasteiger partial charge in [-0.3, -0.25) is 4.90 Å². The highest BCUT2D eigenvalue weighted by molar-refractivity contribution is 5.89. The maximum absolute atomic E-state index is 13.9. The van der Waals surface area contributed by atoms with Gasteiger partial charge in [0.1, 0.15) is 17.2 Å². The van der Waals surface area contributed by atoms with Crippen molar-refractivity contribution in [2.45, 2.75) is 45.5 Å². The number of anilines is 2. The fourth-order valence-corrected chi connectivity index (χ4v) is 4.46. The number of nitrogens with zero attached hydrogens (tertiary/aromatic N) is 3. The van der Waals surface area contributed by atoms with E-state index in [1.807, 2.05) is 0 Å². The number of aryl methyl sites for hydroxylation is 1. The van der Waals surface area contributed by atoms with Crippen molar-refractivity contribution in [3.8, 4) is 5.75 Å². The highest BCUT2D eigenvalue weighted by Gasteiger charge is 2.50. The van der Waals surface area contributed by atoms with E-state index in [2.05, 4.69) is 4.98 Å². The number of hydrogen-bond acceptors (Lipinski definition) is 4. The fraction of sp³-hybridized carbons (Fsp3) is 0.478. The highest BCUT2D eigenvalue weighted by atomic mass is 19.4. The first-order chi connectivity index (χ1) is 16.2. The Kier molecular flexibility index (Phi) is 6.13. The van der Waals surface area contributed by atoms with E-state index in [0.717, 1.165) is 36.3 Å². The van der Waals surface area contributed by atoms with Crippen LogP contribution in [0.25, 0.3) is 0 Å². The highest BCUT2D eigenvalue weighted by Crippen LogP contribution is 2.53. The number of carbonyl (C=O) groups excluding carboxylic acids is 1. The van der Waals surface area contributed by atoms with Crippen molar-refractivity contribution in [3.63, 3.8) is 0 Å². The molecule has 2 fully saturated rings. The lowest BCUT2D eigenvalue weighted by molar-refractivity contribution is -0.143. The molecular weight excluding hydrogens is 483 g/mol. The monoisotopic (exact) mass is 505 g/mol. The zero-order valence-electron chi connectivity index (χ0n) is 18.9. The van der Waals surface area contributed by atoms with Crippen LogP contribution in [0.1, 0.15) is 43.0 Å². The lowest BCUT2D eigenvalue weighted by atomic mass is 9.63. The molecule has 4 rings (SSSR count). The Hall–Kier alpha value is -3.05. The minimum absolute atomic E-state index is 0.0497. The van der Waals surface area contributed by atoms with Gasteiger partial charge in [0.2, 0.25) is 0 Å². The predicted octanol–water partition coefficient (Wildman–Crippen LogP) is 6.58. The van der Waals surface area contributed by atoms with Crippen LogP contribution in [0.5, 0.6) is 5.75 Å². The minimum Gasteiger partial charge on any atom is -0.407 e. The van der Waals surface area contributed by atoms with Crippen LogP contribution < -0.4 is 14.5 Å². The van der Waals surface area contributed by atoms with E-state index in [4.69, 9.17) is 4.74 Å². The molecule has 0 unspecified atom stereocenters. The summed E-state index contributed by atoms with van der Waals surface area (Å²) >= 11 is 0. The molecule has 1 aliphatic carbocycles. The number of hydrogen-bond donors (Lipinski definition) is 0. The maximum atomic E-state index is 13.9. The molecule has 1 saturated heterocycles. The van der Waals surface area contributed by atoms with E-state index in [1.54, 1.807) is 0 Å². The number of benzene rings is 1. The number of aromatic nitrogens is 1. The van der Waals surface area contributed by atoms with Gasteiger partial charge in [-0.2, -0.15) is 26.3 Å². The topological polar surface area (TPSA) is 45.7 Å². The van der Waals surface area contributed by atoms with E-state index >= 15 is 0 Å². The molecule has 0 radical (unpaired) electrons. The zero-order chi connectivity index (χ0) is 25.8. The SMILES string of the molecule is CCN(C(=O)Oc1c(N2CC3(CCC3)C2)cc(C(F)(F)F)cc1C(F)(F)F)c1ccc(F)c(C)n1. The Bertz CT molecular complexity index is 1140. The standard InChI is InChI=1S/C23H22F7N3O2/c1-3-33(18-6-5-16(24)13(2)31-18)20(34)35-19-15(23(28,29)30)9-14(22(25,26)27)10-17(19)32-11-21(12-32)7-4-8-21/h5-6,9-10H,3-4,7-8,11-12H2,1-2H3. The Morgan fingerprint density at radius 1 is 1.11 bits per heavy atom. The van der Waals surface area contributed by atoms with Crippen LogP contribution in [0.4, 0.5) is 47.0 Å². The molecule has 12 heteroatoms. The molecular formula is C23H22F7N3O2. The van der Waals surface area contributed by atoms with Gasteiger partial charge in [0.15, 0.2) is 5.75 Å². The van der Waals surface area contributed by atoms with Crippen molar-refractivity contribution in [1.29, 1.82) is 0 Å². The van der Waals surface area contributed by atoms with E-state index in [1.165, 1.54) is 18.7 Å². The number of carbonyl (C=O) groups is 1. The van der Waals surface area contributed by atoms with Crippen LogP contribution >= 0.6 is 0 Å². The van der Waals surface area contributed by atoms with Gasteiger partial charge in [0.05, 0.1) is 16.9 Å². The number of amides is 1. The summed E-state index contributed by atoms with van der Waals surface area (Å²) in [5.74, 6) is -1.72. The number of rotatable bonds is 4. The molecule has 2 aliphatic rings. The number of alkyl halides is 6. The number of halogens is 7. The van der Waals surface area contributed by atoms with Crippen molar-refractivity contribution >= 4 is 17.6 Å². The summed E-state index contributed by atoms with van der Waals surface area (Å²) in [6.45, 7) is 3.28. The van der Waals surface area contributed by atoms with E-state index < -0.39 is 46.8 Å². The summed E-state index contributed by atoms with van der Waals surface area (Å²) in [5, 5.41) is 0. The average molecular weight is 505 g/mol. The lowest BCUT2D eigenvalue weighted by Gasteiger charge is -2.57. The largest absolute Gasteiger partial charge is 0.421 e. The first-order valence-electron chi connectivity index (χ1n) is 10.9.